The van der Waals surface area contributed by atoms with Crippen LogP contribution < -0.4 is 16.4 Å². The number of benzene rings is 1. The Morgan fingerprint density at radius 3 is 2.26 bits per heavy atom. The minimum atomic E-state index is -0.291. The van der Waals surface area contributed by atoms with Crippen LogP contribution in [0, 0.1) is 29.1 Å². The van der Waals surface area contributed by atoms with Gasteiger partial charge in [0.05, 0.1) is 11.8 Å². The average molecular weight is 432 g/mol. The van der Waals surface area contributed by atoms with E-state index in [0.717, 1.165) is 35.8 Å². The fourth-order valence-electron chi connectivity index (χ4n) is 5.07. The van der Waals surface area contributed by atoms with Crippen molar-refractivity contribution in [2.75, 3.05) is 18.4 Å². The molecular weight excluding hydrogens is 406 g/mol. The van der Waals surface area contributed by atoms with E-state index in [1.54, 1.807) is 0 Å². The van der Waals surface area contributed by atoms with Crippen molar-refractivity contribution in [1.82, 2.24) is 5.32 Å². The Hall–Kier alpha value is -1.66. The predicted octanol–water partition coefficient (Wildman–Crippen LogP) is 3.07. The monoisotopic (exact) mass is 431 g/mol. The molecule has 0 radical (unpaired) electrons. The van der Waals surface area contributed by atoms with Crippen molar-refractivity contribution in [2.24, 2.45) is 34.8 Å². The number of carbonyl (C=O) groups excluding carboxylic acids is 2. The molecule has 2 amide bonds. The van der Waals surface area contributed by atoms with Crippen LogP contribution in [0.3, 0.4) is 0 Å². The quantitative estimate of drug-likeness (QED) is 0.458. The molecule has 3 aliphatic carbocycles. The van der Waals surface area contributed by atoms with Gasteiger partial charge < -0.3 is 16.4 Å². The summed E-state index contributed by atoms with van der Waals surface area (Å²) in [6.45, 7) is 1.26. The Balaban J connectivity index is 1.50. The number of anilines is 1. The van der Waals surface area contributed by atoms with Crippen molar-refractivity contribution < 1.29 is 9.59 Å². The summed E-state index contributed by atoms with van der Waals surface area (Å²) < 4.78 is 0.968. The fourth-order valence-corrected chi connectivity index (χ4v) is 5.33. The van der Waals surface area contributed by atoms with Gasteiger partial charge in [-0.1, -0.05) is 28.1 Å². The van der Waals surface area contributed by atoms with Crippen LogP contribution in [-0.4, -0.2) is 24.9 Å². The number of nitrogens with two attached hydrogens (primary N) is 1. The molecule has 3 aliphatic rings. The minimum absolute atomic E-state index is 0.0195. The second kappa shape index (κ2) is 7.40. The highest BCUT2D eigenvalue weighted by atomic mass is 79.9. The molecule has 0 aliphatic heterocycles. The number of allylic oxidation sites excluding steroid dienone is 2. The molecule has 2 bridgehead atoms. The third-order valence-electron chi connectivity index (χ3n) is 6.49. The summed E-state index contributed by atoms with van der Waals surface area (Å²) in [5.74, 6) is -0.208. The van der Waals surface area contributed by atoms with E-state index in [-0.39, 0.29) is 40.9 Å². The molecule has 0 saturated heterocycles. The lowest BCUT2D eigenvalue weighted by atomic mass is 9.81. The molecule has 6 heteroatoms. The summed E-state index contributed by atoms with van der Waals surface area (Å²) in [6.07, 6.45) is 8.38. The summed E-state index contributed by atoms with van der Waals surface area (Å²) in [6, 6.07) is 7.56. The first kappa shape index (κ1) is 18.7. The summed E-state index contributed by atoms with van der Waals surface area (Å²) >= 11 is 3.41. The Morgan fingerprint density at radius 2 is 1.67 bits per heavy atom. The fraction of sp³-hybridized carbons (Fsp3) is 0.524. The summed E-state index contributed by atoms with van der Waals surface area (Å²) in [4.78, 5) is 26.1. The number of hydrogen-bond donors (Lipinski definition) is 3. The third-order valence-corrected chi connectivity index (χ3v) is 7.02. The second-order valence-electron chi connectivity index (χ2n) is 8.00. The molecule has 27 heavy (non-hydrogen) atoms. The number of amides is 2. The molecule has 144 valence electrons. The number of unbranched alkanes of at least 4 members (excludes halogenated alkanes) is 1. The molecule has 4 rings (SSSR count). The van der Waals surface area contributed by atoms with Crippen molar-refractivity contribution >= 4 is 33.4 Å². The molecule has 5 nitrogen and oxygen atoms in total. The smallest absolute Gasteiger partial charge is 0.228 e. The van der Waals surface area contributed by atoms with E-state index in [1.165, 1.54) is 0 Å². The molecular formula is C21H26BrN3O2. The van der Waals surface area contributed by atoms with E-state index in [1.807, 2.05) is 24.3 Å². The number of rotatable bonds is 7. The topological polar surface area (TPSA) is 84.2 Å². The van der Waals surface area contributed by atoms with E-state index in [2.05, 4.69) is 38.7 Å². The zero-order chi connectivity index (χ0) is 19.0. The Bertz CT molecular complexity index is 757. The van der Waals surface area contributed by atoms with Gasteiger partial charge >= 0.3 is 0 Å². The van der Waals surface area contributed by atoms with Crippen LogP contribution in [0.4, 0.5) is 5.69 Å². The van der Waals surface area contributed by atoms with Crippen molar-refractivity contribution in [3.63, 3.8) is 0 Å². The maximum absolute atomic E-state index is 13.1. The van der Waals surface area contributed by atoms with Crippen LogP contribution in [0.2, 0.25) is 0 Å². The number of nitrogens with one attached hydrogen (secondary N) is 2. The van der Waals surface area contributed by atoms with E-state index in [0.29, 0.717) is 13.1 Å². The summed E-state index contributed by atoms with van der Waals surface area (Å²) in [5, 5.41) is 6.08. The van der Waals surface area contributed by atoms with Gasteiger partial charge in [-0.15, -0.1) is 0 Å². The SMILES string of the molecule is NCCCCNC(=O)[C@H]1[C@H](C(=O)Nc2ccc(Br)cc2)[C@H]2C=C[C@@H]1C21CC1. The highest BCUT2D eigenvalue weighted by Gasteiger charge is 2.69. The van der Waals surface area contributed by atoms with Gasteiger partial charge in [0.1, 0.15) is 0 Å². The normalized spacial score (nSPS) is 29.1. The average Bonchev–Trinajstić information content (AvgIpc) is 3.33. The van der Waals surface area contributed by atoms with Gasteiger partial charge in [0.15, 0.2) is 0 Å². The third kappa shape index (κ3) is 3.34. The maximum Gasteiger partial charge on any atom is 0.228 e. The molecule has 4 N–H and O–H groups in total. The number of carbonyl (C=O) groups is 2. The van der Waals surface area contributed by atoms with Crippen LogP contribution in [0.5, 0.6) is 0 Å². The highest BCUT2D eigenvalue weighted by Crippen LogP contribution is 2.72. The van der Waals surface area contributed by atoms with Gasteiger partial charge in [0.25, 0.3) is 0 Å². The zero-order valence-electron chi connectivity index (χ0n) is 15.3. The Morgan fingerprint density at radius 1 is 1.04 bits per heavy atom. The minimum Gasteiger partial charge on any atom is -0.356 e. The van der Waals surface area contributed by atoms with Gasteiger partial charge in [0, 0.05) is 16.7 Å². The first-order valence-corrected chi connectivity index (χ1v) is 10.6. The first-order valence-electron chi connectivity index (χ1n) is 9.79. The van der Waals surface area contributed by atoms with Gasteiger partial charge in [0.2, 0.25) is 11.8 Å². The standard InChI is InChI=1S/C21H26BrN3O2/c22-13-3-5-14(6-4-13)25-20(27)18-16-8-7-15(21(16)9-10-21)17(18)19(26)24-12-2-1-11-23/h3-8,15-18H,1-2,9-12,23H2,(H,24,26)(H,25,27)/t15-,16+,17+,18+/m0/s1. The zero-order valence-corrected chi connectivity index (χ0v) is 16.9. The van der Waals surface area contributed by atoms with Gasteiger partial charge in [-0.05, 0) is 73.7 Å². The lowest BCUT2D eigenvalue weighted by Crippen LogP contribution is -2.42. The lowest BCUT2D eigenvalue weighted by molar-refractivity contribution is -0.132. The van der Waals surface area contributed by atoms with Crippen LogP contribution in [0.1, 0.15) is 25.7 Å². The number of hydrogen-bond acceptors (Lipinski definition) is 3. The molecule has 4 atom stereocenters. The Kier molecular flexibility index (Phi) is 5.12. The van der Waals surface area contributed by atoms with Crippen LogP contribution in [0.15, 0.2) is 40.9 Å². The lowest BCUT2D eigenvalue weighted by Gasteiger charge is -2.26. The van der Waals surface area contributed by atoms with Crippen molar-refractivity contribution in [1.29, 1.82) is 0 Å². The number of halogens is 1. The molecule has 1 aromatic rings. The molecule has 0 unspecified atom stereocenters. The summed E-state index contributed by atoms with van der Waals surface area (Å²) in [5.41, 5.74) is 6.45. The van der Waals surface area contributed by atoms with Crippen molar-refractivity contribution in [2.45, 2.75) is 25.7 Å². The highest BCUT2D eigenvalue weighted by molar-refractivity contribution is 9.10. The predicted molar refractivity (Wildman–Crippen MR) is 109 cm³/mol. The second-order valence-corrected chi connectivity index (χ2v) is 8.92. The maximum atomic E-state index is 13.1. The van der Waals surface area contributed by atoms with E-state index < -0.39 is 0 Å². The van der Waals surface area contributed by atoms with E-state index in [9.17, 15) is 9.59 Å². The van der Waals surface area contributed by atoms with Crippen LogP contribution >= 0.6 is 15.9 Å². The van der Waals surface area contributed by atoms with Crippen molar-refractivity contribution in [3.05, 3.63) is 40.9 Å². The Labute approximate surface area is 168 Å². The van der Waals surface area contributed by atoms with Gasteiger partial charge in [-0.25, -0.2) is 0 Å². The van der Waals surface area contributed by atoms with Crippen LogP contribution in [0.25, 0.3) is 0 Å². The molecule has 2 saturated carbocycles. The largest absolute Gasteiger partial charge is 0.356 e. The van der Waals surface area contributed by atoms with Crippen LogP contribution in [-0.2, 0) is 9.59 Å². The van der Waals surface area contributed by atoms with E-state index >= 15 is 0 Å². The molecule has 1 aromatic carbocycles. The van der Waals surface area contributed by atoms with Gasteiger partial charge in [-0.3, -0.25) is 9.59 Å². The summed E-state index contributed by atoms with van der Waals surface area (Å²) in [7, 11) is 0. The molecule has 0 heterocycles. The van der Waals surface area contributed by atoms with Gasteiger partial charge in [-0.2, -0.15) is 0 Å². The first-order chi connectivity index (χ1) is 13.1. The molecule has 1 spiro atoms. The molecule has 2 fully saturated rings. The molecule has 0 aromatic heterocycles. The van der Waals surface area contributed by atoms with E-state index in [4.69, 9.17) is 5.73 Å². The van der Waals surface area contributed by atoms with Crippen molar-refractivity contribution in [3.8, 4) is 0 Å².